The zero-order chi connectivity index (χ0) is 12.2. The Morgan fingerprint density at radius 2 is 1.94 bits per heavy atom. The van der Waals surface area contributed by atoms with Gasteiger partial charge in [0.2, 0.25) is 0 Å². The van der Waals surface area contributed by atoms with E-state index in [9.17, 15) is 0 Å². The molecule has 0 spiro atoms. The molecule has 2 aromatic rings. The summed E-state index contributed by atoms with van der Waals surface area (Å²) in [5, 5.41) is 4.69. The average Bonchev–Trinajstić information content (AvgIpc) is 2.76. The van der Waals surface area contributed by atoms with Gasteiger partial charge in [-0.2, -0.15) is 5.10 Å². The van der Waals surface area contributed by atoms with Crippen molar-refractivity contribution in [1.29, 1.82) is 0 Å². The lowest BCUT2D eigenvalue weighted by Crippen LogP contribution is -2.25. The average molecular weight is 227 g/mol. The van der Waals surface area contributed by atoms with E-state index >= 15 is 0 Å². The van der Waals surface area contributed by atoms with E-state index in [-0.39, 0.29) is 5.54 Å². The van der Waals surface area contributed by atoms with Gasteiger partial charge in [-0.3, -0.25) is 0 Å². The minimum Gasteiger partial charge on any atom is -0.384 e. The summed E-state index contributed by atoms with van der Waals surface area (Å²) < 4.78 is 1.94. The zero-order valence-electron chi connectivity index (χ0n) is 10.5. The molecular formula is C14H17N3. The first-order valence-electron chi connectivity index (χ1n) is 5.94. The van der Waals surface area contributed by atoms with Crippen LogP contribution in [0.15, 0.2) is 24.3 Å². The highest BCUT2D eigenvalue weighted by molar-refractivity contribution is 5.77. The van der Waals surface area contributed by atoms with Crippen LogP contribution in [0.3, 0.4) is 0 Å². The van der Waals surface area contributed by atoms with E-state index in [1.165, 1.54) is 16.7 Å². The number of nitrogens with two attached hydrogens (primary N) is 1. The van der Waals surface area contributed by atoms with Crippen LogP contribution < -0.4 is 5.73 Å². The second kappa shape index (κ2) is 3.13. The lowest BCUT2D eigenvalue weighted by atomic mass is 10.1. The molecule has 1 aromatic carbocycles. The first kappa shape index (κ1) is 10.4. The van der Waals surface area contributed by atoms with Gasteiger partial charge in [-0.1, -0.05) is 24.3 Å². The van der Waals surface area contributed by atoms with E-state index in [1.54, 1.807) is 0 Å². The van der Waals surface area contributed by atoms with Crippen LogP contribution in [-0.2, 0) is 12.0 Å². The molecule has 0 atom stereocenters. The molecule has 2 N–H and O–H groups in total. The van der Waals surface area contributed by atoms with Crippen molar-refractivity contribution in [1.82, 2.24) is 9.78 Å². The lowest BCUT2D eigenvalue weighted by Gasteiger charge is -2.21. The van der Waals surface area contributed by atoms with Gasteiger partial charge in [0.25, 0.3) is 0 Å². The van der Waals surface area contributed by atoms with Crippen molar-refractivity contribution < 1.29 is 0 Å². The Morgan fingerprint density at radius 1 is 1.24 bits per heavy atom. The molecule has 17 heavy (non-hydrogen) atoms. The number of nitrogen functional groups attached to an aromatic ring is 1. The van der Waals surface area contributed by atoms with Crippen molar-refractivity contribution in [2.45, 2.75) is 32.7 Å². The molecule has 0 radical (unpaired) electrons. The van der Waals surface area contributed by atoms with Crippen LogP contribution in [0.4, 0.5) is 5.82 Å². The molecule has 0 bridgehead atoms. The van der Waals surface area contributed by atoms with Crippen molar-refractivity contribution in [2.24, 2.45) is 0 Å². The number of nitrogens with zero attached hydrogens (tertiary/aromatic N) is 2. The predicted molar refractivity (Wildman–Crippen MR) is 69.9 cm³/mol. The van der Waals surface area contributed by atoms with Crippen LogP contribution >= 0.6 is 0 Å². The van der Waals surface area contributed by atoms with Crippen molar-refractivity contribution in [2.75, 3.05) is 5.73 Å². The van der Waals surface area contributed by atoms with E-state index in [0.717, 1.165) is 17.9 Å². The minimum absolute atomic E-state index is 0.0661. The van der Waals surface area contributed by atoms with E-state index in [4.69, 9.17) is 10.8 Å². The van der Waals surface area contributed by atoms with Crippen LogP contribution in [0.1, 0.15) is 31.9 Å². The van der Waals surface area contributed by atoms with Crippen LogP contribution in [0, 0.1) is 0 Å². The number of hydrogen-bond donors (Lipinski definition) is 1. The summed E-state index contributed by atoms with van der Waals surface area (Å²) >= 11 is 0. The molecule has 0 saturated heterocycles. The largest absolute Gasteiger partial charge is 0.384 e. The molecule has 1 aromatic heterocycles. The molecule has 3 nitrogen and oxygen atoms in total. The van der Waals surface area contributed by atoms with Crippen molar-refractivity contribution in [3.8, 4) is 11.3 Å². The van der Waals surface area contributed by atoms with Crippen LogP contribution in [0.5, 0.6) is 0 Å². The second-order valence-corrected chi connectivity index (χ2v) is 5.63. The van der Waals surface area contributed by atoms with Crippen LogP contribution in [0.25, 0.3) is 11.3 Å². The van der Waals surface area contributed by atoms with Gasteiger partial charge in [0.05, 0.1) is 11.2 Å². The molecule has 3 rings (SSSR count). The fourth-order valence-corrected chi connectivity index (χ4v) is 2.46. The molecule has 0 amide bonds. The molecule has 0 unspecified atom stereocenters. The lowest BCUT2D eigenvalue weighted by molar-refractivity contribution is 0.362. The summed E-state index contributed by atoms with van der Waals surface area (Å²) in [5.41, 5.74) is 11.0. The predicted octanol–water partition coefficient (Wildman–Crippen LogP) is 2.79. The Balaban J connectivity index is 2.22. The van der Waals surface area contributed by atoms with E-state index in [0.29, 0.717) is 0 Å². The first-order chi connectivity index (χ1) is 7.98. The topological polar surface area (TPSA) is 43.8 Å². The maximum Gasteiger partial charge on any atom is 0.126 e. The number of anilines is 1. The van der Waals surface area contributed by atoms with E-state index in [1.807, 2.05) is 4.68 Å². The molecule has 1 aliphatic carbocycles. The first-order valence-corrected chi connectivity index (χ1v) is 5.94. The van der Waals surface area contributed by atoms with Gasteiger partial charge >= 0.3 is 0 Å². The summed E-state index contributed by atoms with van der Waals surface area (Å²) in [6, 6.07) is 8.40. The Labute approximate surface area is 101 Å². The number of hydrogen-bond acceptors (Lipinski definition) is 2. The summed E-state index contributed by atoms with van der Waals surface area (Å²) in [5.74, 6) is 0.809. The van der Waals surface area contributed by atoms with Gasteiger partial charge in [-0.05, 0) is 26.3 Å². The molecule has 88 valence electrons. The van der Waals surface area contributed by atoms with Crippen molar-refractivity contribution >= 4 is 5.82 Å². The highest BCUT2D eigenvalue weighted by Crippen LogP contribution is 2.39. The fraction of sp³-hybridized carbons (Fsp3) is 0.357. The summed E-state index contributed by atoms with van der Waals surface area (Å²) in [4.78, 5) is 0. The summed E-state index contributed by atoms with van der Waals surface area (Å²) in [6.45, 7) is 6.37. The summed E-state index contributed by atoms with van der Waals surface area (Å²) in [6.07, 6.45) is 0.910. The van der Waals surface area contributed by atoms with E-state index in [2.05, 4.69) is 45.0 Å². The Kier molecular flexibility index (Phi) is 1.91. The van der Waals surface area contributed by atoms with Gasteiger partial charge in [-0.15, -0.1) is 0 Å². The third-order valence-corrected chi connectivity index (χ3v) is 3.30. The van der Waals surface area contributed by atoms with Crippen LogP contribution in [0.2, 0.25) is 0 Å². The Morgan fingerprint density at radius 3 is 2.65 bits per heavy atom. The monoisotopic (exact) mass is 227 g/mol. The Bertz CT molecular complexity index is 588. The van der Waals surface area contributed by atoms with Gasteiger partial charge in [0, 0.05) is 17.5 Å². The second-order valence-electron chi connectivity index (χ2n) is 5.63. The number of fused-ring (bicyclic) bond motifs is 3. The number of rotatable bonds is 0. The minimum atomic E-state index is -0.0661. The Hall–Kier alpha value is -1.77. The van der Waals surface area contributed by atoms with Crippen molar-refractivity contribution in [3.05, 3.63) is 35.4 Å². The third-order valence-electron chi connectivity index (χ3n) is 3.30. The maximum absolute atomic E-state index is 6.22. The SMILES string of the molecule is CC(C)(C)n1nc2c(c1N)Cc1ccccc1-2. The quantitative estimate of drug-likeness (QED) is 0.641. The molecule has 0 saturated carbocycles. The molecule has 1 heterocycles. The van der Waals surface area contributed by atoms with Gasteiger partial charge in [0.15, 0.2) is 0 Å². The summed E-state index contributed by atoms with van der Waals surface area (Å²) in [7, 11) is 0. The van der Waals surface area contributed by atoms with Crippen LogP contribution in [-0.4, -0.2) is 9.78 Å². The van der Waals surface area contributed by atoms with Gasteiger partial charge in [-0.25, -0.2) is 4.68 Å². The van der Waals surface area contributed by atoms with Gasteiger partial charge < -0.3 is 5.73 Å². The molecule has 0 fully saturated rings. The normalized spacial score (nSPS) is 13.6. The molecule has 3 heteroatoms. The molecule has 0 aliphatic heterocycles. The third kappa shape index (κ3) is 1.38. The zero-order valence-corrected chi connectivity index (χ0v) is 10.5. The van der Waals surface area contributed by atoms with Gasteiger partial charge in [0.1, 0.15) is 5.82 Å². The highest BCUT2D eigenvalue weighted by Gasteiger charge is 2.28. The number of benzene rings is 1. The highest BCUT2D eigenvalue weighted by atomic mass is 15.4. The maximum atomic E-state index is 6.22. The van der Waals surface area contributed by atoms with E-state index < -0.39 is 0 Å². The molecule has 1 aliphatic rings. The standard InChI is InChI=1S/C14H17N3/c1-14(2,3)17-13(15)11-8-9-6-4-5-7-10(9)12(11)16-17/h4-7H,8,15H2,1-3H3. The fourth-order valence-electron chi connectivity index (χ4n) is 2.46. The van der Waals surface area contributed by atoms with Crippen molar-refractivity contribution in [3.63, 3.8) is 0 Å². The molecular weight excluding hydrogens is 210 g/mol. The smallest absolute Gasteiger partial charge is 0.126 e. The number of aromatic nitrogens is 2.